The van der Waals surface area contributed by atoms with Crippen LogP contribution < -0.4 is 10.6 Å². The topological polar surface area (TPSA) is 72.0 Å². The van der Waals surface area contributed by atoms with Gasteiger partial charge in [-0.15, -0.1) is 0 Å². The highest BCUT2D eigenvalue weighted by atomic mass is 16.5. The van der Waals surface area contributed by atoms with E-state index in [0.29, 0.717) is 6.54 Å². The van der Waals surface area contributed by atoms with Crippen molar-refractivity contribution in [3.8, 4) is 0 Å². The van der Waals surface area contributed by atoms with Gasteiger partial charge in [-0.1, -0.05) is 6.92 Å². The highest BCUT2D eigenvalue weighted by molar-refractivity contribution is 5.80. The molecule has 2 N–H and O–H groups in total. The third-order valence-electron chi connectivity index (χ3n) is 2.68. The van der Waals surface area contributed by atoms with Crippen molar-refractivity contribution >= 4 is 11.9 Å². The number of hydrogen-bond donors (Lipinski definition) is 2. The summed E-state index contributed by atoms with van der Waals surface area (Å²) < 4.78 is 9.96. The zero-order valence-corrected chi connectivity index (χ0v) is 13.2. The molecule has 0 aliphatic heterocycles. The van der Waals surface area contributed by atoms with Crippen molar-refractivity contribution in [1.82, 2.24) is 10.6 Å². The first-order chi connectivity index (χ1) is 9.65. The molecule has 0 bridgehead atoms. The third-order valence-corrected chi connectivity index (χ3v) is 2.68. The number of hydrogen-bond acceptors (Lipinski definition) is 4. The molecule has 0 radical (unpaired) electrons. The first kappa shape index (κ1) is 18.7. The van der Waals surface area contributed by atoms with Crippen LogP contribution >= 0.6 is 0 Å². The predicted octanol–water partition coefficient (Wildman–Crippen LogP) is 1.17. The Bertz CT molecular complexity index is 283. The lowest BCUT2D eigenvalue weighted by Crippen LogP contribution is -2.38. The van der Waals surface area contributed by atoms with E-state index in [1.165, 1.54) is 7.11 Å². The molecule has 0 aromatic heterocycles. The van der Waals surface area contributed by atoms with Crippen LogP contribution in [0.1, 0.15) is 33.6 Å². The number of esters is 1. The number of nitrogens with zero attached hydrogens (tertiary/aromatic N) is 1. The van der Waals surface area contributed by atoms with E-state index in [9.17, 15) is 4.79 Å². The molecule has 0 rings (SSSR count). The molecule has 0 aromatic rings. The van der Waals surface area contributed by atoms with Gasteiger partial charge in [-0.05, 0) is 26.7 Å². The molecule has 0 amide bonds. The number of carbonyl (C=O) groups excluding carboxylic acids is 1. The molecule has 0 aliphatic carbocycles. The maximum absolute atomic E-state index is 11.3. The molecule has 6 heteroatoms. The quantitative estimate of drug-likeness (QED) is 0.273. The Labute approximate surface area is 122 Å². The Hall–Kier alpha value is -1.30. The maximum Gasteiger partial charge on any atom is 0.310 e. The van der Waals surface area contributed by atoms with Crippen LogP contribution in [-0.4, -0.2) is 51.9 Å². The van der Waals surface area contributed by atoms with Crippen LogP contribution in [0.25, 0.3) is 0 Å². The fourth-order valence-corrected chi connectivity index (χ4v) is 1.53. The predicted molar refractivity (Wildman–Crippen MR) is 80.9 cm³/mol. The average molecular weight is 287 g/mol. The maximum atomic E-state index is 11.3. The van der Waals surface area contributed by atoms with E-state index in [1.54, 1.807) is 6.92 Å². The molecule has 6 nitrogen and oxygen atoms in total. The van der Waals surface area contributed by atoms with E-state index < -0.39 is 0 Å². The lowest BCUT2D eigenvalue weighted by Gasteiger charge is -2.12. The van der Waals surface area contributed by atoms with E-state index in [4.69, 9.17) is 4.74 Å². The summed E-state index contributed by atoms with van der Waals surface area (Å²) in [5.74, 6) is 0.273. The smallest absolute Gasteiger partial charge is 0.310 e. The Morgan fingerprint density at radius 1 is 1.25 bits per heavy atom. The number of unbranched alkanes of at least 4 members (excludes halogenated alkanes) is 1. The van der Waals surface area contributed by atoms with Crippen molar-refractivity contribution in [1.29, 1.82) is 0 Å². The van der Waals surface area contributed by atoms with E-state index in [-0.39, 0.29) is 11.9 Å². The Balaban J connectivity index is 3.98. The van der Waals surface area contributed by atoms with Crippen LogP contribution in [-0.2, 0) is 14.3 Å². The number of ether oxygens (including phenoxy) is 2. The fourth-order valence-electron chi connectivity index (χ4n) is 1.53. The minimum atomic E-state index is -0.235. The molecular weight excluding hydrogens is 258 g/mol. The molecule has 0 aromatic carbocycles. The van der Waals surface area contributed by atoms with Gasteiger partial charge in [0.2, 0.25) is 0 Å². The molecule has 0 fully saturated rings. The van der Waals surface area contributed by atoms with Crippen molar-refractivity contribution in [3.63, 3.8) is 0 Å². The summed E-state index contributed by atoms with van der Waals surface area (Å²) in [6.45, 7) is 9.42. The van der Waals surface area contributed by atoms with Gasteiger partial charge >= 0.3 is 5.97 Å². The second-order valence-corrected chi connectivity index (χ2v) is 4.47. The summed E-state index contributed by atoms with van der Waals surface area (Å²) in [4.78, 5) is 15.7. The van der Waals surface area contributed by atoms with E-state index in [0.717, 1.165) is 45.1 Å². The van der Waals surface area contributed by atoms with Gasteiger partial charge in [0.05, 0.1) is 19.6 Å². The summed E-state index contributed by atoms with van der Waals surface area (Å²) in [5.41, 5.74) is 0. The number of carbonyl (C=O) groups is 1. The van der Waals surface area contributed by atoms with Crippen molar-refractivity contribution in [3.05, 3.63) is 0 Å². The minimum Gasteiger partial charge on any atom is -0.469 e. The fraction of sp³-hybridized carbons (Fsp3) is 0.857. The van der Waals surface area contributed by atoms with Gasteiger partial charge in [0.25, 0.3) is 0 Å². The second kappa shape index (κ2) is 12.7. The molecule has 1 unspecified atom stereocenters. The van der Waals surface area contributed by atoms with Gasteiger partial charge in [-0.2, -0.15) is 0 Å². The van der Waals surface area contributed by atoms with Crippen LogP contribution in [0.5, 0.6) is 0 Å². The van der Waals surface area contributed by atoms with Gasteiger partial charge in [0.1, 0.15) is 0 Å². The SMILES string of the molecule is CCNC(=NCC(C)C(=O)OC)NCCCCOCC. The lowest BCUT2D eigenvalue weighted by atomic mass is 10.2. The normalized spacial score (nSPS) is 12.9. The van der Waals surface area contributed by atoms with Crippen LogP contribution in [0.15, 0.2) is 4.99 Å². The Morgan fingerprint density at radius 2 is 2.00 bits per heavy atom. The minimum absolute atomic E-state index is 0.228. The summed E-state index contributed by atoms with van der Waals surface area (Å²) in [6.07, 6.45) is 2.05. The van der Waals surface area contributed by atoms with Crippen molar-refractivity contribution < 1.29 is 14.3 Å². The monoisotopic (exact) mass is 287 g/mol. The highest BCUT2D eigenvalue weighted by Crippen LogP contribution is 1.98. The zero-order valence-electron chi connectivity index (χ0n) is 13.2. The number of rotatable bonds is 10. The average Bonchev–Trinajstić information content (AvgIpc) is 2.46. The number of methoxy groups -OCH3 is 1. The van der Waals surface area contributed by atoms with Crippen LogP contribution in [0.3, 0.4) is 0 Å². The summed E-state index contributed by atoms with van der Waals surface area (Å²) in [6, 6.07) is 0. The molecule has 0 saturated heterocycles. The van der Waals surface area contributed by atoms with E-state index >= 15 is 0 Å². The first-order valence-corrected chi connectivity index (χ1v) is 7.33. The lowest BCUT2D eigenvalue weighted by molar-refractivity contribution is -0.144. The van der Waals surface area contributed by atoms with Gasteiger partial charge in [0.15, 0.2) is 5.96 Å². The molecule has 0 saturated carbocycles. The van der Waals surface area contributed by atoms with Crippen LogP contribution in [0, 0.1) is 5.92 Å². The molecule has 20 heavy (non-hydrogen) atoms. The van der Waals surface area contributed by atoms with Crippen LogP contribution in [0.4, 0.5) is 0 Å². The van der Waals surface area contributed by atoms with Gasteiger partial charge in [-0.25, -0.2) is 0 Å². The summed E-state index contributed by atoms with van der Waals surface area (Å²) in [5, 5.41) is 6.39. The molecular formula is C14H29N3O3. The standard InChI is InChI=1S/C14H29N3O3/c1-5-15-14(16-9-7-8-10-20-6-2)17-11-12(3)13(18)19-4/h12H,5-11H2,1-4H3,(H2,15,16,17). The third kappa shape index (κ3) is 9.61. The van der Waals surface area contributed by atoms with Gasteiger partial charge in [-0.3, -0.25) is 9.79 Å². The molecule has 0 spiro atoms. The molecule has 118 valence electrons. The second-order valence-electron chi connectivity index (χ2n) is 4.47. The van der Waals surface area contributed by atoms with E-state index in [2.05, 4.69) is 20.4 Å². The van der Waals surface area contributed by atoms with Gasteiger partial charge in [0, 0.05) is 26.3 Å². The Kier molecular flexibility index (Phi) is 11.9. The molecule has 0 aliphatic rings. The van der Waals surface area contributed by atoms with Crippen LogP contribution in [0.2, 0.25) is 0 Å². The Morgan fingerprint density at radius 3 is 2.60 bits per heavy atom. The molecule has 1 atom stereocenters. The first-order valence-electron chi connectivity index (χ1n) is 7.33. The molecule has 0 heterocycles. The largest absolute Gasteiger partial charge is 0.469 e. The number of guanidine groups is 1. The number of nitrogens with one attached hydrogen (secondary N) is 2. The zero-order chi connectivity index (χ0) is 15.2. The van der Waals surface area contributed by atoms with Crippen molar-refractivity contribution in [2.75, 3.05) is 40.0 Å². The van der Waals surface area contributed by atoms with Gasteiger partial charge < -0.3 is 20.1 Å². The number of aliphatic imine (C=N–C) groups is 1. The highest BCUT2D eigenvalue weighted by Gasteiger charge is 2.12. The summed E-state index contributed by atoms with van der Waals surface area (Å²) >= 11 is 0. The van der Waals surface area contributed by atoms with E-state index in [1.807, 2.05) is 13.8 Å². The van der Waals surface area contributed by atoms with Crippen molar-refractivity contribution in [2.45, 2.75) is 33.6 Å². The van der Waals surface area contributed by atoms with Crippen molar-refractivity contribution in [2.24, 2.45) is 10.9 Å². The summed E-state index contributed by atoms with van der Waals surface area (Å²) in [7, 11) is 1.39.